The summed E-state index contributed by atoms with van der Waals surface area (Å²) >= 11 is 0. The van der Waals surface area contributed by atoms with Crippen molar-refractivity contribution < 1.29 is 38.1 Å². The minimum atomic E-state index is -2.89. The van der Waals surface area contributed by atoms with E-state index in [0.717, 1.165) is 26.2 Å². The third-order valence-corrected chi connectivity index (χ3v) is 3.35. The summed E-state index contributed by atoms with van der Waals surface area (Å²) in [5.41, 5.74) is -2.89. The maximum Gasteiger partial charge on any atom is 0.400 e. The fraction of sp³-hybridized carbons (Fsp3) is 0.778. The second kappa shape index (κ2) is 13.1. The lowest BCUT2D eigenvalue weighted by Gasteiger charge is -2.26. The van der Waals surface area contributed by atoms with Crippen LogP contribution in [0.4, 0.5) is 0 Å². The molecule has 0 atom stereocenters. The average Bonchev–Trinajstić information content (AvgIpc) is 2.59. The van der Waals surface area contributed by atoms with E-state index in [1.165, 1.54) is 0 Å². The molecule has 0 saturated heterocycles. The van der Waals surface area contributed by atoms with Gasteiger partial charge < -0.3 is 18.9 Å². The molecule has 0 unspecified atom stereocenters. The van der Waals surface area contributed by atoms with E-state index in [1.807, 2.05) is 20.8 Å². The summed E-state index contributed by atoms with van der Waals surface area (Å²) in [4.78, 5) is 49.1. The van der Waals surface area contributed by atoms with Gasteiger partial charge >= 0.3 is 29.5 Å². The van der Waals surface area contributed by atoms with Gasteiger partial charge in [-0.1, -0.05) is 40.0 Å². The fourth-order valence-corrected chi connectivity index (χ4v) is 1.82. The highest BCUT2D eigenvalue weighted by Gasteiger charge is 2.61. The van der Waals surface area contributed by atoms with Gasteiger partial charge in [-0.2, -0.15) is 0 Å². The molecule has 0 aromatic carbocycles. The van der Waals surface area contributed by atoms with Gasteiger partial charge in [0.2, 0.25) is 0 Å². The Morgan fingerprint density at radius 3 is 1.19 bits per heavy atom. The minimum Gasteiger partial charge on any atom is -0.462 e. The van der Waals surface area contributed by atoms with Crippen LogP contribution in [0, 0.1) is 0 Å². The molecule has 0 aromatic rings. The Bertz CT molecular complexity index is 417. The lowest BCUT2D eigenvalue weighted by molar-refractivity contribution is -0.205. The van der Waals surface area contributed by atoms with E-state index in [0.29, 0.717) is 19.3 Å². The highest BCUT2D eigenvalue weighted by molar-refractivity contribution is 6.23. The molecule has 0 bridgehead atoms. The predicted octanol–water partition coefficient (Wildman–Crippen LogP) is 2.32. The van der Waals surface area contributed by atoms with E-state index in [9.17, 15) is 19.2 Å². The standard InChI is InChI=1S/C18H30O8/c1-5-8-11-23-15(20)18(26-14(4)19,16(21)24-12-9-6-2)17(22)25-13-10-7-3/h5-13H2,1-4H3. The van der Waals surface area contributed by atoms with Crippen molar-refractivity contribution in [3.63, 3.8) is 0 Å². The molecule has 0 amide bonds. The van der Waals surface area contributed by atoms with Crippen LogP contribution in [0.1, 0.15) is 66.2 Å². The van der Waals surface area contributed by atoms with Gasteiger partial charge in [0.15, 0.2) is 0 Å². The van der Waals surface area contributed by atoms with Crippen molar-refractivity contribution in [2.24, 2.45) is 0 Å². The van der Waals surface area contributed by atoms with Gasteiger partial charge in [0, 0.05) is 6.92 Å². The molecule has 0 aliphatic carbocycles. The summed E-state index contributed by atoms with van der Waals surface area (Å²) in [6.07, 6.45) is 3.77. The third kappa shape index (κ3) is 7.41. The van der Waals surface area contributed by atoms with Crippen LogP contribution in [0.3, 0.4) is 0 Å². The second-order valence-corrected chi connectivity index (χ2v) is 5.74. The monoisotopic (exact) mass is 374 g/mol. The molecule has 0 spiro atoms. The zero-order valence-electron chi connectivity index (χ0n) is 16.1. The molecule has 0 aliphatic heterocycles. The molecule has 0 radical (unpaired) electrons. The van der Waals surface area contributed by atoms with Crippen molar-refractivity contribution in [1.29, 1.82) is 0 Å². The maximum atomic E-state index is 12.5. The lowest BCUT2D eigenvalue weighted by Crippen LogP contribution is -2.59. The summed E-state index contributed by atoms with van der Waals surface area (Å²) in [6.45, 7) is 6.54. The Morgan fingerprint density at radius 1 is 0.654 bits per heavy atom. The van der Waals surface area contributed by atoms with E-state index in [-0.39, 0.29) is 19.8 Å². The van der Waals surface area contributed by atoms with Crippen molar-refractivity contribution in [1.82, 2.24) is 0 Å². The summed E-state index contributed by atoms with van der Waals surface area (Å²) in [6, 6.07) is 0. The Balaban J connectivity index is 5.60. The molecular formula is C18H30O8. The average molecular weight is 374 g/mol. The number of carbonyl (C=O) groups is 4. The van der Waals surface area contributed by atoms with Gasteiger partial charge in [-0.15, -0.1) is 0 Å². The highest BCUT2D eigenvalue weighted by Crippen LogP contribution is 2.21. The molecule has 0 aromatic heterocycles. The molecule has 0 rings (SSSR count). The first-order valence-corrected chi connectivity index (χ1v) is 9.07. The summed E-state index contributed by atoms with van der Waals surface area (Å²) < 4.78 is 19.8. The number of esters is 4. The van der Waals surface area contributed by atoms with Crippen LogP contribution >= 0.6 is 0 Å². The molecular weight excluding hydrogens is 344 g/mol. The summed E-state index contributed by atoms with van der Waals surface area (Å²) in [7, 11) is 0. The number of hydrogen-bond donors (Lipinski definition) is 0. The molecule has 0 aliphatic rings. The number of unbranched alkanes of at least 4 members (excludes halogenated alkanes) is 3. The van der Waals surface area contributed by atoms with Crippen molar-refractivity contribution in [3.8, 4) is 0 Å². The van der Waals surface area contributed by atoms with Crippen LogP contribution in [0.25, 0.3) is 0 Å². The van der Waals surface area contributed by atoms with Crippen LogP contribution in [0.5, 0.6) is 0 Å². The maximum absolute atomic E-state index is 12.5. The molecule has 0 fully saturated rings. The van der Waals surface area contributed by atoms with Gasteiger partial charge in [-0.05, 0) is 19.3 Å². The van der Waals surface area contributed by atoms with Gasteiger partial charge in [-0.3, -0.25) is 4.79 Å². The van der Waals surface area contributed by atoms with Crippen molar-refractivity contribution in [3.05, 3.63) is 0 Å². The third-order valence-electron chi connectivity index (χ3n) is 3.35. The summed E-state index contributed by atoms with van der Waals surface area (Å²) in [5.74, 6) is -4.91. The largest absolute Gasteiger partial charge is 0.462 e. The van der Waals surface area contributed by atoms with E-state index < -0.39 is 29.5 Å². The Kier molecular flexibility index (Phi) is 12.1. The van der Waals surface area contributed by atoms with Crippen LogP contribution in [-0.4, -0.2) is 49.3 Å². The SMILES string of the molecule is CCCCOC(=O)C(OC(C)=O)(C(=O)OCCCC)C(=O)OCCCC. The zero-order valence-corrected chi connectivity index (χ0v) is 16.1. The quantitative estimate of drug-likeness (QED) is 0.209. The van der Waals surface area contributed by atoms with Crippen LogP contribution in [-0.2, 0) is 38.1 Å². The number of ether oxygens (including phenoxy) is 4. The molecule has 0 heterocycles. The fourth-order valence-electron chi connectivity index (χ4n) is 1.82. The number of carbonyl (C=O) groups excluding carboxylic acids is 4. The highest BCUT2D eigenvalue weighted by atomic mass is 16.7. The number of rotatable bonds is 13. The first-order chi connectivity index (χ1) is 12.4. The van der Waals surface area contributed by atoms with E-state index in [4.69, 9.17) is 18.9 Å². The Labute approximate surface area is 154 Å². The number of hydrogen-bond acceptors (Lipinski definition) is 8. The van der Waals surface area contributed by atoms with Crippen LogP contribution in [0.2, 0.25) is 0 Å². The Hall–Kier alpha value is -2.12. The van der Waals surface area contributed by atoms with Crippen LogP contribution < -0.4 is 0 Å². The smallest absolute Gasteiger partial charge is 0.400 e. The normalized spacial score (nSPS) is 10.8. The zero-order chi connectivity index (χ0) is 20.0. The molecule has 150 valence electrons. The topological polar surface area (TPSA) is 105 Å². The molecule has 0 N–H and O–H groups in total. The first kappa shape index (κ1) is 23.9. The van der Waals surface area contributed by atoms with Crippen LogP contribution in [0.15, 0.2) is 0 Å². The summed E-state index contributed by atoms with van der Waals surface area (Å²) in [5, 5.41) is 0. The van der Waals surface area contributed by atoms with Gasteiger partial charge in [0.1, 0.15) is 0 Å². The predicted molar refractivity (Wildman–Crippen MR) is 92.1 cm³/mol. The van der Waals surface area contributed by atoms with Crippen molar-refractivity contribution in [2.45, 2.75) is 71.8 Å². The van der Waals surface area contributed by atoms with E-state index in [2.05, 4.69) is 0 Å². The second-order valence-electron chi connectivity index (χ2n) is 5.74. The van der Waals surface area contributed by atoms with Gasteiger partial charge in [-0.25, -0.2) is 14.4 Å². The Morgan fingerprint density at radius 2 is 0.962 bits per heavy atom. The van der Waals surface area contributed by atoms with Gasteiger partial charge in [0.05, 0.1) is 19.8 Å². The van der Waals surface area contributed by atoms with Gasteiger partial charge in [0.25, 0.3) is 0 Å². The van der Waals surface area contributed by atoms with Crippen molar-refractivity contribution in [2.75, 3.05) is 19.8 Å². The molecule has 8 nitrogen and oxygen atoms in total. The molecule has 0 saturated carbocycles. The molecule has 26 heavy (non-hydrogen) atoms. The van der Waals surface area contributed by atoms with E-state index in [1.54, 1.807) is 0 Å². The first-order valence-electron chi connectivity index (χ1n) is 9.07. The molecule has 8 heteroatoms. The van der Waals surface area contributed by atoms with Crippen molar-refractivity contribution >= 4 is 23.9 Å². The minimum absolute atomic E-state index is 0.0250. The lowest BCUT2D eigenvalue weighted by atomic mass is 10.0. The van der Waals surface area contributed by atoms with E-state index >= 15 is 0 Å².